The van der Waals surface area contributed by atoms with Crippen molar-refractivity contribution in [3.05, 3.63) is 35.6 Å². The normalized spacial score (nSPS) is 16.3. The number of nitrogens with zero attached hydrogens (tertiary/aromatic N) is 3. The van der Waals surface area contributed by atoms with Gasteiger partial charge in [-0.3, -0.25) is 4.99 Å². The smallest absolute Gasteiger partial charge is 0.191 e. The molecular weight excluding hydrogens is 456 g/mol. The summed E-state index contributed by atoms with van der Waals surface area (Å²) in [6, 6.07) is 7.21. The third kappa shape index (κ3) is 9.21. The first-order valence-electron chi connectivity index (χ1n) is 9.73. The van der Waals surface area contributed by atoms with Crippen LogP contribution in [0.3, 0.4) is 0 Å². The first kappa shape index (κ1) is 24.1. The van der Waals surface area contributed by atoms with Crippen molar-refractivity contribution in [1.29, 1.82) is 0 Å². The lowest BCUT2D eigenvalue weighted by Gasteiger charge is -2.32. The van der Waals surface area contributed by atoms with Gasteiger partial charge >= 0.3 is 0 Å². The second kappa shape index (κ2) is 13.3. The number of halogens is 2. The molecule has 27 heavy (non-hydrogen) atoms. The Balaban J connectivity index is 0.00000364. The summed E-state index contributed by atoms with van der Waals surface area (Å²) in [5, 5.41) is 6.95. The van der Waals surface area contributed by atoms with E-state index >= 15 is 0 Å². The molecule has 0 spiro atoms. The molecule has 1 aromatic rings. The number of rotatable bonds is 8. The van der Waals surface area contributed by atoms with Gasteiger partial charge in [0.2, 0.25) is 0 Å². The lowest BCUT2D eigenvalue weighted by atomic mass is 10.1. The summed E-state index contributed by atoms with van der Waals surface area (Å²) >= 11 is 0. The molecule has 2 N–H and O–H groups in total. The minimum Gasteiger partial charge on any atom is -0.355 e. The summed E-state index contributed by atoms with van der Waals surface area (Å²) in [5.74, 6) is 0.697. The van der Waals surface area contributed by atoms with Crippen molar-refractivity contribution < 1.29 is 4.39 Å². The molecule has 1 aliphatic heterocycles. The number of likely N-dealkylation sites (N-methyl/N-ethyl adjacent to an activating group) is 1. The molecule has 7 heteroatoms. The quantitative estimate of drug-likeness (QED) is 0.334. The van der Waals surface area contributed by atoms with E-state index < -0.39 is 0 Å². The second-order valence-corrected chi connectivity index (χ2v) is 7.12. The van der Waals surface area contributed by atoms with Gasteiger partial charge in [0.1, 0.15) is 5.82 Å². The van der Waals surface area contributed by atoms with Gasteiger partial charge in [0.15, 0.2) is 5.96 Å². The molecule has 2 rings (SSSR count). The summed E-state index contributed by atoms with van der Waals surface area (Å²) in [5.41, 5.74) is 1.12. The number of benzene rings is 1. The molecule has 0 bridgehead atoms. The molecule has 0 atom stereocenters. The van der Waals surface area contributed by atoms with E-state index in [4.69, 9.17) is 0 Å². The van der Waals surface area contributed by atoms with Gasteiger partial charge in [-0.15, -0.1) is 24.0 Å². The second-order valence-electron chi connectivity index (χ2n) is 7.12. The monoisotopic (exact) mass is 491 g/mol. The molecular formula is C20H35FIN5. The van der Waals surface area contributed by atoms with Crippen LogP contribution in [0.5, 0.6) is 0 Å². The van der Waals surface area contributed by atoms with Gasteiger partial charge in [-0.25, -0.2) is 4.39 Å². The Hall–Kier alpha value is -0.930. The Morgan fingerprint density at radius 3 is 2.52 bits per heavy atom. The van der Waals surface area contributed by atoms with Gasteiger partial charge < -0.3 is 20.4 Å². The van der Waals surface area contributed by atoms with Gasteiger partial charge in [-0.2, -0.15) is 0 Å². The number of aliphatic imine (C=N–C) groups is 1. The van der Waals surface area contributed by atoms with Crippen molar-refractivity contribution in [2.75, 3.05) is 46.8 Å². The minimum atomic E-state index is -0.187. The number of nitrogens with one attached hydrogen (secondary N) is 2. The Labute approximate surface area is 180 Å². The summed E-state index contributed by atoms with van der Waals surface area (Å²) in [7, 11) is 3.90. The molecule has 5 nitrogen and oxygen atoms in total. The minimum absolute atomic E-state index is 0. The zero-order valence-electron chi connectivity index (χ0n) is 16.9. The van der Waals surface area contributed by atoms with E-state index in [1.54, 1.807) is 0 Å². The van der Waals surface area contributed by atoms with Crippen molar-refractivity contribution in [3.8, 4) is 0 Å². The summed E-state index contributed by atoms with van der Waals surface area (Å²) in [6.07, 6.45) is 3.57. The largest absolute Gasteiger partial charge is 0.355 e. The predicted molar refractivity (Wildman–Crippen MR) is 122 cm³/mol. The van der Waals surface area contributed by atoms with E-state index in [9.17, 15) is 4.39 Å². The van der Waals surface area contributed by atoms with Crippen LogP contribution in [0, 0.1) is 5.82 Å². The predicted octanol–water partition coefficient (Wildman–Crippen LogP) is 2.91. The van der Waals surface area contributed by atoms with Gasteiger partial charge in [-0.05, 0) is 50.6 Å². The van der Waals surface area contributed by atoms with E-state index in [-0.39, 0.29) is 29.8 Å². The molecule has 1 aromatic carbocycles. The molecule has 0 radical (unpaired) electrons. The highest BCUT2D eigenvalue weighted by Crippen LogP contribution is 2.10. The Bertz CT molecular complexity index is 544. The number of hydrogen-bond acceptors (Lipinski definition) is 3. The Morgan fingerprint density at radius 1 is 1.26 bits per heavy atom. The van der Waals surface area contributed by atoms with Crippen molar-refractivity contribution in [2.45, 2.75) is 38.8 Å². The molecule has 154 valence electrons. The molecule has 1 heterocycles. The van der Waals surface area contributed by atoms with E-state index in [0.29, 0.717) is 6.04 Å². The van der Waals surface area contributed by atoms with Crippen LogP contribution < -0.4 is 10.6 Å². The van der Waals surface area contributed by atoms with Crippen LogP contribution in [0.4, 0.5) is 4.39 Å². The fourth-order valence-corrected chi connectivity index (χ4v) is 3.35. The average molecular weight is 491 g/mol. The van der Waals surface area contributed by atoms with Crippen molar-refractivity contribution in [2.24, 2.45) is 4.99 Å². The molecule has 1 fully saturated rings. The first-order valence-corrected chi connectivity index (χ1v) is 9.73. The SMILES string of the molecule is CCCN1CCC(NC(=NC)NCCN(C)Cc2ccc(F)cc2)CC1.I. The van der Waals surface area contributed by atoms with Crippen LogP contribution >= 0.6 is 24.0 Å². The molecule has 0 aliphatic carbocycles. The zero-order valence-corrected chi connectivity index (χ0v) is 19.2. The Morgan fingerprint density at radius 2 is 1.93 bits per heavy atom. The maximum atomic E-state index is 13.0. The van der Waals surface area contributed by atoms with Crippen LogP contribution in [-0.2, 0) is 6.54 Å². The third-order valence-electron chi connectivity index (χ3n) is 4.84. The van der Waals surface area contributed by atoms with Crippen molar-refractivity contribution in [3.63, 3.8) is 0 Å². The van der Waals surface area contributed by atoms with E-state index in [1.807, 2.05) is 19.2 Å². The van der Waals surface area contributed by atoms with Gasteiger partial charge in [0.05, 0.1) is 0 Å². The summed E-state index contributed by atoms with van der Waals surface area (Å²) in [6.45, 7) is 8.32. The highest BCUT2D eigenvalue weighted by Gasteiger charge is 2.19. The van der Waals surface area contributed by atoms with Gasteiger partial charge in [-0.1, -0.05) is 19.1 Å². The molecule has 1 saturated heterocycles. The van der Waals surface area contributed by atoms with Crippen LogP contribution in [0.1, 0.15) is 31.7 Å². The Kier molecular flexibility index (Phi) is 11.9. The van der Waals surface area contributed by atoms with Crippen molar-refractivity contribution in [1.82, 2.24) is 20.4 Å². The van der Waals surface area contributed by atoms with Crippen LogP contribution in [0.15, 0.2) is 29.3 Å². The lowest BCUT2D eigenvalue weighted by Crippen LogP contribution is -2.49. The highest BCUT2D eigenvalue weighted by atomic mass is 127. The fraction of sp³-hybridized carbons (Fsp3) is 0.650. The molecule has 0 unspecified atom stereocenters. The van der Waals surface area contributed by atoms with Gasteiger partial charge in [0, 0.05) is 45.8 Å². The van der Waals surface area contributed by atoms with E-state index in [2.05, 4.69) is 39.4 Å². The molecule has 1 aliphatic rings. The summed E-state index contributed by atoms with van der Waals surface area (Å²) < 4.78 is 13.0. The summed E-state index contributed by atoms with van der Waals surface area (Å²) in [4.78, 5) is 9.11. The topological polar surface area (TPSA) is 42.9 Å². The van der Waals surface area contributed by atoms with Crippen LogP contribution in [0.2, 0.25) is 0 Å². The first-order chi connectivity index (χ1) is 12.6. The maximum Gasteiger partial charge on any atom is 0.191 e. The zero-order chi connectivity index (χ0) is 18.8. The number of likely N-dealkylation sites (tertiary alicyclic amines) is 1. The van der Waals surface area contributed by atoms with E-state index in [0.717, 1.165) is 31.2 Å². The molecule has 0 amide bonds. The maximum absolute atomic E-state index is 13.0. The van der Waals surface area contributed by atoms with Crippen molar-refractivity contribution >= 4 is 29.9 Å². The molecule has 0 aromatic heterocycles. The third-order valence-corrected chi connectivity index (χ3v) is 4.84. The number of hydrogen-bond donors (Lipinski definition) is 2. The van der Waals surface area contributed by atoms with Crippen LogP contribution in [-0.4, -0.2) is 68.6 Å². The fourth-order valence-electron chi connectivity index (χ4n) is 3.35. The van der Waals surface area contributed by atoms with Crippen LogP contribution in [0.25, 0.3) is 0 Å². The molecule has 0 saturated carbocycles. The number of piperidine rings is 1. The van der Waals surface area contributed by atoms with E-state index in [1.165, 1.54) is 51.0 Å². The van der Waals surface area contributed by atoms with Gasteiger partial charge in [0.25, 0.3) is 0 Å². The highest BCUT2D eigenvalue weighted by molar-refractivity contribution is 14.0. The standard InChI is InChI=1S/C20H34FN5.HI/c1-4-12-26-13-9-19(10-14-26)24-20(22-2)23-11-15-25(3)16-17-5-7-18(21)8-6-17;/h5-8,19H,4,9-16H2,1-3H3,(H2,22,23,24);1H. The average Bonchev–Trinajstić information content (AvgIpc) is 2.64. The lowest BCUT2D eigenvalue weighted by molar-refractivity contribution is 0.206. The number of guanidine groups is 1.